The summed E-state index contributed by atoms with van der Waals surface area (Å²) in [4.78, 5) is 0. The zero-order valence-electron chi connectivity index (χ0n) is 10.8. The molecule has 2 heteroatoms. The molecule has 88 valence electrons. The topological polar surface area (TPSA) is 21.3 Å². The molecule has 0 aromatic rings. The van der Waals surface area contributed by atoms with Crippen molar-refractivity contribution in [2.75, 3.05) is 13.7 Å². The minimum Gasteiger partial charge on any atom is -0.377 e. The molecule has 2 nitrogen and oxygen atoms in total. The maximum absolute atomic E-state index is 5.78. The molecule has 1 N–H and O–H groups in total. The highest BCUT2D eigenvalue weighted by Crippen LogP contribution is 2.14. The standard InChI is InChI=1S/C13H25NO/c1-6-8-9-10-12(14-5)13(11(3)4)15-7-2/h11-14H,7,9-10H2,1-5H3. The van der Waals surface area contributed by atoms with Crippen molar-refractivity contribution in [3.63, 3.8) is 0 Å². The molecule has 0 aromatic heterocycles. The normalized spacial score (nSPS) is 14.5. The summed E-state index contributed by atoms with van der Waals surface area (Å²) in [5.74, 6) is 6.57. The molecule has 0 rings (SSSR count). The minimum absolute atomic E-state index is 0.290. The lowest BCUT2D eigenvalue weighted by Crippen LogP contribution is -2.42. The molecule has 0 aliphatic rings. The van der Waals surface area contributed by atoms with E-state index in [0.29, 0.717) is 18.1 Å². The van der Waals surface area contributed by atoms with E-state index < -0.39 is 0 Å². The summed E-state index contributed by atoms with van der Waals surface area (Å²) in [5.41, 5.74) is 0. The SMILES string of the molecule is CC#CCCC(NC)C(OCC)C(C)C. The van der Waals surface area contributed by atoms with E-state index in [-0.39, 0.29) is 0 Å². The third-order valence-electron chi connectivity index (χ3n) is 2.54. The number of hydrogen-bond donors (Lipinski definition) is 1. The van der Waals surface area contributed by atoms with Gasteiger partial charge in [-0.15, -0.1) is 11.8 Å². The van der Waals surface area contributed by atoms with Crippen LogP contribution in [0.5, 0.6) is 0 Å². The van der Waals surface area contributed by atoms with Gasteiger partial charge in [0.05, 0.1) is 6.10 Å². The quantitative estimate of drug-likeness (QED) is 0.653. The monoisotopic (exact) mass is 211 g/mol. The van der Waals surface area contributed by atoms with Crippen LogP contribution < -0.4 is 5.32 Å². The van der Waals surface area contributed by atoms with Crippen LogP contribution in [0.4, 0.5) is 0 Å². The van der Waals surface area contributed by atoms with Crippen molar-refractivity contribution in [2.24, 2.45) is 5.92 Å². The molecule has 0 saturated carbocycles. The Hall–Kier alpha value is -0.520. The molecule has 2 atom stereocenters. The molecule has 0 heterocycles. The summed E-state index contributed by atoms with van der Waals surface area (Å²) in [7, 11) is 2.00. The van der Waals surface area contributed by atoms with Crippen LogP contribution in [0.25, 0.3) is 0 Å². The number of likely N-dealkylation sites (N-methyl/N-ethyl adjacent to an activating group) is 1. The van der Waals surface area contributed by atoms with Crippen LogP contribution in [0, 0.1) is 17.8 Å². The molecule has 0 spiro atoms. The van der Waals surface area contributed by atoms with Crippen molar-refractivity contribution in [3.8, 4) is 11.8 Å². The lowest BCUT2D eigenvalue weighted by Gasteiger charge is -2.29. The Balaban J connectivity index is 4.22. The fourth-order valence-electron chi connectivity index (χ4n) is 1.79. The maximum atomic E-state index is 5.78. The van der Waals surface area contributed by atoms with Gasteiger partial charge in [-0.05, 0) is 33.2 Å². The van der Waals surface area contributed by atoms with Gasteiger partial charge in [0, 0.05) is 19.1 Å². The number of nitrogens with one attached hydrogen (secondary N) is 1. The zero-order valence-corrected chi connectivity index (χ0v) is 10.8. The third kappa shape index (κ3) is 5.81. The second-order valence-electron chi connectivity index (χ2n) is 4.02. The summed E-state index contributed by atoms with van der Waals surface area (Å²) >= 11 is 0. The van der Waals surface area contributed by atoms with Crippen molar-refractivity contribution in [2.45, 2.75) is 52.7 Å². The largest absolute Gasteiger partial charge is 0.377 e. The minimum atomic E-state index is 0.290. The Morgan fingerprint density at radius 1 is 1.33 bits per heavy atom. The van der Waals surface area contributed by atoms with E-state index in [9.17, 15) is 0 Å². The lowest BCUT2D eigenvalue weighted by atomic mass is 9.96. The van der Waals surface area contributed by atoms with Crippen LogP contribution in [0.3, 0.4) is 0 Å². The fourth-order valence-corrected chi connectivity index (χ4v) is 1.79. The Kier molecular flexibility index (Phi) is 8.46. The molecule has 0 amide bonds. The zero-order chi connectivity index (χ0) is 11.7. The smallest absolute Gasteiger partial charge is 0.0750 e. The molecule has 15 heavy (non-hydrogen) atoms. The van der Waals surface area contributed by atoms with Crippen molar-refractivity contribution >= 4 is 0 Å². The summed E-state index contributed by atoms with van der Waals surface area (Å²) in [6.07, 6.45) is 2.29. The van der Waals surface area contributed by atoms with E-state index in [4.69, 9.17) is 4.74 Å². The van der Waals surface area contributed by atoms with Gasteiger partial charge >= 0.3 is 0 Å². The van der Waals surface area contributed by atoms with Crippen molar-refractivity contribution in [3.05, 3.63) is 0 Å². The predicted octanol–water partition coefficient (Wildman–Crippen LogP) is 2.44. The number of hydrogen-bond acceptors (Lipinski definition) is 2. The highest BCUT2D eigenvalue weighted by atomic mass is 16.5. The van der Waals surface area contributed by atoms with Gasteiger partial charge in [0.15, 0.2) is 0 Å². The average molecular weight is 211 g/mol. The van der Waals surface area contributed by atoms with Gasteiger partial charge in [-0.2, -0.15) is 0 Å². The summed E-state index contributed by atoms with van der Waals surface area (Å²) < 4.78 is 5.78. The summed E-state index contributed by atoms with van der Waals surface area (Å²) in [6, 6.07) is 0.408. The van der Waals surface area contributed by atoms with E-state index in [1.165, 1.54) is 0 Å². The van der Waals surface area contributed by atoms with E-state index in [0.717, 1.165) is 19.4 Å². The fraction of sp³-hybridized carbons (Fsp3) is 0.846. The molecule has 0 radical (unpaired) electrons. The second-order valence-corrected chi connectivity index (χ2v) is 4.02. The average Bonchev–Trinajstić information content (AvgIpc) is 2.22. The van der Waals surface area contributed by atoms with Gasteiger partial charge in [-0.3, -0.25) is 0 Å². The van der Waals surface area contributed by atoms with Gasteiger partial charge in [0.25, 0.3) is 0 Å². The highest BCUT2D eigenvalue weighted by Gasteiger charge is 2.22. The first-order valence-corrected chi connectivity index (χ1v) is 5.85. The first-order chi connectivity index (χ1) is 7.17. The predicted molar refractivity (Wildman–Crippen MR) is 65.8 cm³/mol. The summed E-state index contributed by atoms with van der Waals surface area (Å²) in [6.45, 7) is 9.12. The number of ether oxygens (including phenoxy) is 1. The molecule has 0 aliphatic carbocycles. The Morgan fingerprint density at radius 3 is 2.40 bits per heavy atom. The van der Waals surface area contributed by atoms with Crippen molar-refractivity contribution < 1.29 is 4.74 Å². The first-order valence-electron chi connectivity index (χ1n) is 5.85. The van der Waals surface area contributed by atoms with E-state index >= 15 is 0 Å². The first kappa shape index (κ1) is 14.5. The molecule has 0 fully saturated rings. The van der Waals surface area contributed by atoms with Gasteiger partial charge in [-0.1, -0.05) is 13.8 Å². The van der Waals surface area contributed by atoms with Crippen LogP contribution in [-0.2, 0) is 4.74 Å². The van der Waals surface area contributed by atoms with Crippen LogP contribution in [0.2, 0.25) is 0 Å². The Morgan fingerprint density at radius 2 is 2.00 bits per heavy atom. The van der Waals surface area contributed by atoms with Gasteiger partial charge in [0.2, 0.25) is 0 Å². The van der Waals surface area contributed by atoms with Crippen molar-refractivity contribution in [1.29, 1.82) is 0 Å². The molecule has 0 bridgehead atoms. The third-order valence-corrected chi connectivity index (χ3v) is 2.54. The molecule has 0 saturated heterocycles. The molecule has 2 unspecified atom stereocenters. The van der Waals surface area contributed by atoms with Crippen molar-refractivity contribution in [1.82, 2.24) is 5.32 Å². The Bertz CT molecular complexity index is 202. The second kappa shape index (κ2) is 8.76. The Labute approximate surface area is 94.8 Å². The van der Waals surface area contributed by atoms with Gasteiger partial charge < -0.3 is 10.1 Å². The van der Waals surface area contributed by atoms with E-state index in [2.05, 4.69) is 31.0 Å². The van der Waals surface area contributed by atoms with Crippen LogP contribution in [0.1, 0.15) is 40.5 Å². The van der Waals surface area contributed by atoms with E-state index in [1.807, 2.05) is 20.9 Å². The molecule has 0 aliphatic heterocycles. The van der Waals surface area contributed by atoms with Crippen LogP contribution in [0.15, 0.2) is 0 Å². The maximum Gasteiger partial charge on any atom is 0.0750 e. The molecular weight excluding hydrogens is 186 g/mol. The van der Waals surface area contributed by atoms with Gasteiger partial charge in [0.1, 0.15) is 0 Å². The van der Waals surface area contributed by atoms with Crippen LogP contribution in [-0.4, -0.2) is 25.8 Å². The molecule has 0 aromatic carbocycles. The van der Waals surface area contributed by atoms with E-state index in [1.54, 1.807) is 0 Å². The molecular formula is C13H25NO. The van der Waals surface area contributed by atoms with Crippen LogP contribution >= 0.6 is 0 Å². The number of rotatable bonds is 7. The summed E-state index contributed by atoms with van der Waals surface area (Å²) in [5, 5.41) is 3.33. The highest BCUT2D eigenvalue weighted by molar-refractivity contribution is 4.96. The lowest BCUT2D eigenvalue weighted by molar-refractivity contribution is 0.00364. The van der Waals surface area contributed by atoms with Gasteiger partial charge in [-0.25, -0.2) is 0 Å².